The van der Waals surface area contributed by atoms with Crippen LogP contribution in [0.1, 0.15) is 13.3 Å². The van der Waals surface area contributed by atoms with Crippen molar-refractivity contribution < 1.29 is 9.59 Å². The highest BCUT2D eigenvalue weighted by Gasteiger charge is 2.16. The maximum absolute atomic E-state index is 10.7. The molecule has 1 aliphatic heterocycles. The summed E-state index contributed by atoms with van der Waals surface area (Å²) in [6, 6.07) is 0. The minimum Gasteiger partial charge on any atom is -0.274 e. The number of carbonyl (C=O) groups is 2. The Morgan fingerprint density at radius 2 is 2.60 bits per heavy atom. The third-order valence-corrected chi connectivity index (χ3v) is 0.963. The largest absolute Gasteiger partial charge is 0.274 e. The van der Waals surface area contributed by atoms with Gasteiger partial charge in [-0.1, -0.05) is 0 Å². The average Bonchev–Trinajstić information content (AvgIpc) is 2.15. The zero-order chi connectivity index (χ0) is 7.56. The molecule has 1 N–H and O–H groups in total. The normalized spacial score (nSPS) is 16.1. The lowest BCUT2D eigenvalue weighted by atomic mass is 10.5. The minimum absolute atomic E-state index is 0.213. The highest BCUT2D eigenvalue weighted by atomic mass is 16.2. The molecule has 0 atom stereocenters. The van der Waals surface area contributed by atoms with Gasteiger partial charge in [0.2, 0.25) is 5.91 Å². The van der Waals surface area contributed by atoms with Gasteiger partial charge in [0.15, 0.2) is 0 Å². The third-order valence-electron chi connectivity index (χ3n) is 0.963. The van der Waals surface area contributed by atoms with Crippen molar-refractivity contribution in [2.45, 2.75) is 13.3 Å². The monoisotopic (exact) mass is 141 g/mol. The summed E-state index contributed by atoms with van der Waals surface area (Å²) in [5.41, 5.74) is 2.24. The number of hydrogen-bond acceptors (Lipinski definition) is 3. The van der Waals surface area contributed by atoms with E-state index in [-0.39, 0.29) is 18.2 Å². The Bertz CT molecular complexity index is 199. The van der Waals surface area contributed by atoms with Crippen LogP contribution in [-0.2, 0) is 9.59 Å². The molecule has 0 saturated heterocycles. The predicted molar refractivity (Wildman–Crippen MR) is 33.8 cm³/mol. The average molecular weight is 141 g/mol. The second-order valence-corrected chi connectivity index (χ2v) is 1.88. The Kier molecular flexibility index (Phi) is 1.66. The minimum atomic E-state index is -0.299. The second kappa shape index (κ2) is 2.47. The summed E-state index contributed by atoms with van der Waals surface area (Å²) in [5.74, 6) is -0.511. The van der Waals surface area contributed by atoms with E-state index in [4.69, 9.17) is 0 Å². The number of hydrazine groups is 1. The number of nitrogens with zero attached hydrogens (tertiary/aromatic N) is 2. The zero-order valence-electron chi connectivity index (χ0n) is 5.50. The molecule has 0 aromatic rings. The molecule has 0 aliphatic carbocycles. The van der Waals surface area contributed by atoms with Crippen molar-refractivity contribution in [1.82, 2.24) is 10.5 Å². The Balaban J connectivity index is 2.48. The molecule has 1 aliphatic rings. The van der Waals surface area contributed by atoms with Gasteiger partial charge in [-0.15, -0.1) is 5.12 Å². The molecule has 0 aromatic carbocycles. The summed E-state index contributed by atoms with van der Waals surface area (Å²) in [5, 5.41) is 4.52. The molecule has 5 nitrogen and oxygen atoms in total. The Morgan fingerprint density at radius 1 is 1.90 bits per heavy atom. The smallest absolute Gasteiger partial charge is 0.267 e. The Hall–Kier alpha value is -1.39. The summed E-state index contributed by atoms with van der Waals surface area (Å²) >= 11 is 0. The third kappa shape index (κ3) is 1.31. The Morgan fingerprint density at radius 3 is 3.00 bits per heavy atom. The van der Waals surface area contributed by atoms with Crippen molar-refractivity contribution in [3.63, 3.8) is 0 Å². The first-order valence-corrected chi connectivity index (χ1v) is 2.83. The van der Waals surface area contributed by atoms with Gasteiger partial charge in [0.05, 0.1) is 6.42 Å². The van der Waals surface area contributed by atoms with Crippen LogP contribution >= 0.6 is 0 Å². The van der Waals surface area contributed by atoms with Gasteiger partial charge in [0, 0.05) is 13.1 Å². The lowest BCUT2D eigenvalue weighted by molar-refractivity contribution is -0.138. The second-order valence-electron chi connectivity index (χ2n) is 1.88. The topological polar surface area (TPSA) is 61.8 Å². The standard InChI is InChI=1S/C5H7N3O2/c1-4(9)7-8-5(10)2-3-6-8/h3H,2H2,1H3,(H,7,9). The highest BCUT2D eigenvalue weighted by Crippen LogP contribution is 1.96. The molecule has 2 amide bonds. The van der Waals surface area contributed by atoms with E-state index in [1.54, 1.807) is 0 Å². The van der Waals surface area contributed by atoms with Crippen molar-refractivity contribution >= 4 is 18.0 Å². The van der Waals surface area contributed by atoms with Gasteiger partial charge >= 0.3 is 0 Å². The maximum atomic E-state index is 10.7. The van der Waals surface area contributed by atoms with Gasteiger partial charge in [-0.2, -0.15) is 5.10 Å². The number of hydrogen-bond donors (Lipinski definition) is 1. The van der Waals surface area contributed by atoms with Gasteiger partial charge < -0.3 is 0 Å². The number of nitrogens with one attached hydrogen (secondary N) is 1. The van der Waals surface area contributed by atoms with E-state index in [0.29, 0.717) is 0 Å². The van der Waals surface area contributed by atoms with E-state index in [2.05, 4.69) is 10.5 Å². The number of carbonyl (C=O) groups excluding carboxylic acids is 2. The first-order valence-electron chi connectivity index (χ1n) is 2.83. The molecule has 0 bridgehead atoms. The highest BCUT2D eigenvalue weighted by molar-refractivity contribution is 5.94. The van der Waals surface area contributed by atoms with Crippen LogP contribution in [0, 0.1) is 0 Å². The molecule has 0 fully saturated rings. The van der Waals surface area contributed by atoms with Gasteiger partial charge in [0.25, 0.3) is 5.91 Å². The van der Waals surface area contributed by atoms with Crippen LogP contribution in [0.2, 0.25) is 0 Å². The molecular formula is C5H7N3O2. The lowest BCUT2D eigenvalue weighted by Crippen LogP contribution is -2.38. The van der Waals surface area contributed by atoms with Crippen LogP contribution in [0.5, 0.6) is 0 Å². The first kappa shape index (κ1) is 6.73. The fourth-order valence-electron chi connectivity index (χ4n) is 0.592. The van der Waals surface area contributed by atoms with Crippen molar-refractivity contribution in [1.29, 1.82) is 0 Å². The maximum Gasteiger partial charge on any atom is 0.267 e. The van der Waals surface area contributed by atoms with E-state index >= 15 is 0 Å². The summed E-state index contributed by atoms with van der Waals surface area (Å²) in [6.45, 7) is 1.32. The molecule has 0 spiro atoms. The quantitative estimate of drug-likeness (QED) is 0.522. The lowest BCUT2D eigenvalue weighted by Gasteiger charge is -2.09. The molecule has 1 heterocycles. The Labute approximate surface area is 57.7 Å². The first-order chi connectivity index (χ1) is 4.70. The fraction of sp³-hybridized carbons (Fsp3) is 0.400. The van der Waals surface area contributed by atoms with Crippen LogP contribution in [-0.4, -0.2) is 23.1 Å². The van der Waals surface area contributed by atoms with Crippen molar-refractivity contribution in [2.75, 3.05) is 0 Å². The summed E-state index contributed by atoms with van der Waals surface area (Å²) in [4.78, 5) is 21.1. The molecule has 0 aromatic heterocycles. The van der Waals surface area contributed by atoms with E-state index in [9.17, 15) is 9.59 Å². The number of rotatable bonds is 1. The van der Waals surface area contributed by atoms with Crippen LogP contribution in [0.3, 0.4) is 0 Å². The van der Waals surface area contributed by atoms with Gasteiger partial charge in [-0.3, -0.25) is 9.59 Å². The van der Waals surface area contributed by atoms with E-state index < -0.39 is 0 Å². The number of hydrazone groups is 1. The van der Waals surface area contributed by atoms with Crippen molar-refractivity contribution in [2.24, 2.45) is 5.10 Å². The predicted octanol–water partition coefficient (Wildman–Crippen LogP) is -0.744. The molecule has 0 radical (unpaired) electrons. The fourth-order valence-corrected chi connectivity index (χ4v) is 0.592. The molecular weight excluding hydrogens is 134 g/mol. The van der Waals surface area contributed by atoms with E-state index in [0.717, 1.165) is 5.12 Å². The van der Waals surface area contributed by atoms with Gasteiger partial charge in [0.1, 0.15) is 0 Å². The van der Waals surface area contributed by atoms with Crippen molar-refractivity contribution in [3.05, 3.63) is 0 Å². The van der Waals surface area contributed by atoms with Gasteiger partial charge in [-0.05, 0) is 0 Å². The van der Waals surface area contributed by atoms with Crippen LogP contribution in [0.15, 0.2) is 5.10 Å². The van der Waals surface area contributed by atoms with Gasteiger partial charge in [-0.25, -0.2) is 5.43 Å². The molecule has 0 unspecified atom stereocenters. The molecule has 1 rings (SSSR count). The molecule has 0 saturated carbocycles. The molecule has 5 heteroatoms. The molecule has 54 valence electrons. The summed E-state index contributed by atoms with van der Waals surface area (Å²) in [6.07, 6.45) is 1.71. The van der Waals surface area contributed by atoms with Crippen LogP contribution in [0.4, 0.5) is 0 Å². The summed E-state index contributed by atoms with van der Waals surface area (Å²) < 4.78 is 0. The molecule has 10 heavy (non-hydrogen) atoms. The van der Waals surface area contributed by atoms with E-state index in [1.807, 2.05) is 0 Å². The van der Waals surface area contributed by atoms with Crippen molar-refractivity contribution in [3.8, 4) is 0 Å². The van der Waals surface area contributed by atoms with Crippen LogP contribution in [0.25, 0.3) is 0 Å². The summed E-state index contributed by atoms with van der Waals surface area (Å²) in [7, 11) is 0. The number of amides is 2. The SMILES string of the molecule is CC(=O)NN1N=CCC1=O. The van der Waals surface area contributed by atoms with Crippen LogP contribution < -0.4 is 5.43 Å². The van der Waals surface area contributed by atoms with E-state index in [1.165, 1.54) is 13.1 Å². The zero-order valence-corrected chi connectivity index (χ0v) is 5.50.